The number of carbonyl (C=O) groups is 2. The predicted molar refractivity (Wildman–Crippen MR) is 110 cm³/mol. The third-order valence-corrected chi connectivity index (χ3v) is 7.10. The summed E-state index contributed by atoms with van der Waals surface area (Å²) in [7, 11) is -3.73. The molecule has 1 aromatic carbocycles. The molecule has 0 aliphatic carbocycles. The van der Waals surface area contributed by atoms with Crippen LogP contribution in [-0.2, 0) is 26.0 Å². The van der Waals surface area contributed by atoms with Crippen molar-refractivity contribution in [1.82, 2.24) is 8.87 Å². The molecule has 0 N–H and O–H groups in total. The van der Waals surface area contributed by atoms with Gasteiger partial charge < -0.3 is 14.0 Å². The van der Waals surface area contributed by atoms with Crippen LogP contribution >= 0.6 is 0 Å². The summed E-state index contributed by atoms with van der Waals surface area (Å²) in [6.45, 7) is 7.30. The van der Waals surface area contributed by atoms with Gasteiger partial charge in [-0.2, -0.15) is 4.31 Å². The highest BCUT2D eigenvalue weighted by Crippen LogP contribution is 2.19. The van der Waals surface area contributed by atoms with Crippen LogP contribution in [-0.4, -0.2) is 62.0 Å². The summed E-state index contributed by atoms with van der Waals surface area (Å²) in [5.74, 6) is -1.04. The van der Waals surface area contributed by atoms with E-state index in [2.05, 4.69) is 0 Å². The van der Waals surface area contributed by atoms with E-state index in [0.29, 0.717) is 18.8 Å². The highest BCUT2D eigenvalue weighted by atomic mass is 32.2. The molecule has 162 valence electrons. The maximum Gasteiger partial charge on any atom is 0.338 e. The number of benzene rings is 1. The third kappa shape index (κ3) is 4.48. The first-order valence-electron chi connectivity index (χ1n) is 9.80. The van der Waals surface area contributed by atoms with Gasteiger partial charge in [-0.3, -0.25) is 4.79 Å². The monoisotopic (exact) mass is 434 g/mol. The van der Waals surface area contributed by atoms with Gasteiger partial charge in [0.25, 0.3) is 0 Å². The van der Waals surface area contributed by atoms with Gasteiger partial charge in [-0.05, 0) is 45.0 Å². The number of Topliss-reactive ketones (excluding diaryl/α,β-unsaturated/α-hetero) is 1. The molecule has 1 aromatic heterocycles. The van der Waals surface area contributed by atoms with Crippen molar-refractivity contribution in [1.29, 1.82) is 0 Å². The fraction of sp³-hybridized carbons (Fsp3) is 0.429. The number of ketones is 1. The van der Waals surface area contributed by atoms with Crippen molar-refractivity contribution < 1.29 is 27.5 Å². The number of sulfonamides is 1. The van der Waals surface area contributed by atoms with E-state index in [1.165, 1.54) is 28.6 Å². The van der Waals surface area contributed by atoms with Crippen LogP contribution < -0.4 is 0 Å². The van der Waals surface area contributed by atoms with Gasteiger partial charge in [-0.25, -0.2) is 13.2 Å². The zero-order valence-electron chi connectivity index (χ0n) is 17.4. The molecule has 1 aliphatic rings. The van der Waals surface area contributed by atoms with Gasteiger partial charge in [-0.15, -0.1) is 0 Å². The maximum atomic E-state index is 12.8. The number of rotatable bonds is 7. The fourth-order valence-electron chi connectivity index (χ4n) is 3.58. The third-order valence-electron chi connectivity index (χ3n) is 5.20. The molecule has 3 rings (SSSR count). The molecule has 9 heteroatoms. The number of ether oxygens (including phenoxy) is 2. The summed E-state index contributed by atoms with van der Waals surface area (Å²) in [6.07, 6.45) is 0. The molecular weight excluding hydrogens is 408 g/mol. The van der Waals surface area contributed by atoms with Gasteiger partial charge in [0.05, 0.1) is 23.7 Å². The molecule has 8 nitrogen and oxygen atoms in total. The molecule has 0 saturated carbocycles. The number of morpholine rings is 1. The van der Waals surface area contributed by atoms with Crippen LogP contribution in [0.5, 0.6) is 0 Å². The number of aryl methyl sites for hydroxylation is 1. The van der Waals surface area contributed by atoms with Crippen LogP contribution in [0.25, 0.3) is 0 Å². The lowest BCUT2D eigenvalue weighted by molar-refractivity contribution is 0.0474. The van der Waals surface area contributed by atoms with Crippen molar-refractivity contribution in [2.24, 2.45) is 0 Å². The van der Waals surface area contributed by atoms with E-state index in [9.17, 15) is 18.0 Å². The molecule has 0 atom stereocenters. The molecule has 2 aromatic rings. The lowest BCUT2D eigenvalue weighted by Crippen LogP contribution is -2.40. The number of hydrogen-bond donors (Lipinski definition) is 0. The summed E-state index contributed by atoms with van der Waals surface area (Å²) < 4.78 is 39.2. The summed E-state index contributed by atoms with van der Waals surface area (Å²) in [5.41, 5.74) is 2.39. The Labute approximate surface area is 176 Å². The van der Waals surface area contributed by atoms with Crippen molar-refractivity contribution in [2.75, 3.05) is 32.9 Å². The van der Waals surface area contributed by atoms with Crippen molar-refractivity contribution in [3.8, 4) is 0 Å². The van der Waals surface area contributed by atoms with Crippen molar-refractivity contribution >= 4 is 21.8 Å². The predicted octanol–water partition coefficient (Wildman–Crippen LogP) is 2.19. The van der Waals surface area contributed by atoms with Crippen LogP contribution in [0.2, 0.25) is 0 Å². The molecule has 1 fully saturated rings. The highest BCUT2D eigenvalue weighted by Gasteiger charge is 2.27. The fourth-order valence-corrected chi connectivity index (χ4v) is 5.04. The maximum absolute atomic E-state index is 12.8. The largest absolute Gasteiger partial charge is 0.454 e. The van der Waals surface area contributed by atoms with Gasteiger partial charge in [0.2, 0.25) is 15.8 Å². The smallest absolute Gasteiger partial charge is 0.338 e. The van der Waals surface area contributed by atoms with Crippen molar-refractivity contribution in [2.45, 2.75) is 32.2 Å². The van der Waals surface area contributed by atoms with Crippen LogP contribution in [0.4, 0.5) is 0 Å². The first-order valence-corrected chi connectivity index (χ1v) is 11.2. The zero-order valence-corrected chi connectivity index (χ0v) is 18.2. The van der Waals surface area contributed by atoms with E-state index in [-0.39, 0.29) is 29.3 Å². The standard InChI is InChI=1S/C21H26N2O6S/c1-4-23-15(2)12-19(16(23)3)20(24)14-29-21(25)17-6-5-7-18(13-17)30(26,27)22-8-10-28-11-9-22/h5-7,12-13H,4,8-11,14H2,1-3H3. The summed E-state index contributed by atoms with van der Waals surface area (Å²) >= 11 is 0. The molecule has 0 unspecified atom stereocenters. The summed E-state index contributed by atoms with van der Waals surface area (Å²) in [4.78, 5) is 25.0. The first-order chi connectivity index (χ1) is 14.3. The van der Waals surface area contributed by atoms with Gasteiger partial charge in [-0.1, -0.05) is 6.07 Å². The van der Waals surface area contributed by atoms with E-state index < -0.39 is 22.6 Å². The Balaban J connectivity index is 1.70. The molecule has 1 aliphatic heterocycles. The van der Waals surface area contributed by atoms with Gasteiger partial charge in [0.1, 0.15) is 0 Å². The minimum Gasteiger partial charge on any atom is -0.454 e. The summed E-state index contributed by atoms with van der Waals surface area (Å²) in [6, 6.07) is 7.45. The second-order valence-corrected chi connectivity index (χ2v) is 9.01. The Hall–Kier alpha value is -2.49. The van der Waals surface area contributed by atoms with E-state index in [4.69, 9.17) is 9.47 Å². The van der Waals surface area contributed by atoms with Crippen LogP contribution in [0, 0.1) is 13.8 Å². The minimum absolute atomic E-state index is 0.0108. The average molecular weight is 435 g/mol. The van der Waals surface area contributed by atoms with E-state index in [1.807, 2.05) is 25.3 Å². The van der Waals surface area contributed by atoms with Gasteiger partial charge in [0.15, 0.2) is 6.61 Å². The Morgan fingerprint density at radius 1 is 1.13 bits per heavy atom. The zero-order chi connectivity index (χ0) is 21.9. The van der Waals surface area contributed by atoms with Crippen molar-refractivity contribution in [3.05, 3.63) is 52.8 Å². The number of hydrogen-bond acceptors (Lipinski definition) is 6. The van der Waals surface area contributed by atoms with Crippen LogP contribution in [0.3, 0.4) is 0 Å². The molecule has 0 spiro atoms. The number of esters is 1. The lowest BCUT2D eigenvalue weighted by atomic mass is 10.1. The second-order valence-electron chi connectivity index (χ2n) is 7.07. The van der Waals surface area contributed by atoms with E-state index in [0.717, 1.165) is 17.9 Å². The highest BCUT2D eigenvalue weighted by molar-refractivity contribution is 7.89. The van der Waals surface area contributed by atoms with Crippen LogP contribution in [0.1, 0.15) is 39.0 Å². The number of aromatic nitrogens is 1. The average Bonchev–Trinajstić information content (AvgIpc) is 3.05. The van der Waals surface area contributed by atoms with Gasteiger partial charge >= 0.3 is 5.97 Å². The molecule has 0 radical (unpaired) electrons. The molecule has 1 saturated heterocycles. The Morgan fingerprint density at radius 2 is 1.83 bits per heavy atom. The van der Waals surface area contributed by atoms with E-state index in [1.54, 1.807) is 6.07 Å². The number of carbonyl (C=O) groups excluding carboxylic acids is 2. The number of nitrogens with zero attached hydrogens (tertiary/aromatic N) is 2. The normalized spacial score (nSPS) is 15.2. The summed E-state index contributed by atoms with van der Waals surface area (Å²) in [5, 5.41) is 0. The molecule has 30 heavy (non-hydrogen) atoms. The SMILES string of the molecule is CCn1c(C)cc(C(=O)COC(=O)c2cccc(S(=O)(=O)N3CCOCC3)c2)c1C. The minimum atomic E-state index is -3.73. The Morgan fingerprint density at radius 3 is 2.47 bits per heavy atom. The van der Waals surface area contributed by atoms with E-state index >= 15 is 0 Å². The topological polar surface area (TPSA) is 94.9 Å². The first kappa shape index (κ1) is 22.2. The quantitative estimate of drug-likeness (QED) is 0.490. The molecule has 2 heterocycles. The second kappa shape index (κ2) is 9.11. The lowest BCUT2D eigenvalue weighted by Gasteiger charge is -2.26. The Kier molecular flexibility index (Phi) is 6.74. The van der Waals surface area contributed by atoms with Gasteiger partial charge in [0, 0.05) is 36.6 Å². The Bertz CT molecular complexity index is 1050. The molecule has 0 bridgehead atoms. The molecule has 0 amide bonds. The molecular formula is C21H26N2O6S. The van der Waals surface area contributed by atoms with Crippen molar-refractivity contribution in [3.63, 3.8) is 0 Å². The van der Waals surface area contributed by atoms with Crippen LogP contribution in [0.15, 0.2) is 35.2 Å².